The molecule has 2 rings (SSSR count). The number of benzene rings is 2. The molecule has 0 heterocycles. The van der Waals surface area contributed by atoms with Crippen LogP contribution in [-0.4, -0.2) is 11.1 Å². The van der Waals surface area contributed by atoms with Gasteiger partial charge in [-0.05, 0) is 71.5 Å². The fourth-order valence-corrected chi connectivity index (χ4v) is 2.68. The van der Waals surface area contributed by atoms with Crippen LogP contribution in [0.5, 0.6) is 0 Å². The number of nitrogens with one attached hydrogen (secondary N) is 1. The van der Waals surface area contributed by atoms with Crippen molar-refractivity contribution < 1.29 is 9.90 Å². The Balaban J connectivity index is 2.31. The highest BCUT2D eigenvalue weighted by Crippen LogP contribution is 2.27. The number of hydrogen-bond donors (Lipinski definition) is 2. The second kappa shape index (κ2) is 5.79. The Labute approximate surface area is 129 Å². The Morgan fingerprint density at radius 3 is 2.47 bits per heavy atom. The Hall–Kier alpha value is -1.27. The number of anilines is 2. The maximum Gasteiger partial charge on any atom is 0.335 e. The van der Waals surface area contributed by atoms with E-state index in [-0.39, 0.29) is 5.56 Å². The molecule has 0 aliphatic carbocycles. The van der Waals surface area contributed by atoms with E-state index in [9.17, 15) is 4.79 Å². The Morgan fingerprint density at radius 2 is 1.89 bits per heavy atom. The van der Waals surface area contributed by atoms with E-state index in [0.29, 0.717) is 5.02 Å². The largest absolute Gasteiger partial charge is 0.478 e. The van der Waals surface area contributed by atoms with Crippen molar-refractivity contribution in [2.45, 2.75) is 6.92 Å². The van der Waals surface area contributed by atoms with Crippen molar-refractivity contribution in [3.8, 4) is 0 Å². The van der Waals surface area contributed by atoms with Crippen molar-refractivity contribution in [2.75, 3.05) is 5.32 Å². The predicted molar refractivity (Wildman–Crippen MR) is 85.6 cm³/mol. The molecule has 0 radical (unpaired) electrons. The molecule has 0 spiro atoms. The molecule has 2 aromatic rings. The zero-order valence-corrected chi connectivity index (χ0v) is 13.0. The Morgan fingerprint density at radius 1 is 1.21 bits per heavy atom. The van der Waals surface area contributed by atoms with Crippen LogP contribution in [0.1, 0.15) is 15.9 Å². The number of carboxylic acids is 1. The van der Waals surface area contributed by atoms with E-state index in [1.54, 1.807) is 18.2 Å². The van der Waals surface area contributed by atoms with Gasteiger partial charge in [0.2, 0.25) is 0 Å². The highest BCUT2D eigenvalue weighted by Gasteiger charge is 2.07. The fourth-order valence-electron chi connectivity index (χ4n) is 1.67. The topological polar surface area (TPSA) is 49.3 Å². The molecule has 0 aliphatic rings. The van der Waals surface area contributed by atoms with E-state index in [4.69, 9.17) is 16.7 Å². The minimum atomic E-state index is -0.921. The molecule has 0 saturated carbocycles. The number of carboxylic acid groups (broad SMARTS) is 1. The van der Waals surface area contributed by atoms with Crippen LogP contribution in [0.3, 0.4) is 0 Å². The summed E-state index contributed by atoms with van der Waals surface area (Å²) in [7, 11) is 0. The van der Waals surface area contributed by atoms with Gasteiger partial charge in [-0.2, -0.15) is 0 Å². The first-order valence-electron chi connectivity index (χ1n) is 5.53. The summed E-state index contributed by atoms with van der Waals surface area (Å²) in [6, 6.07) is 10.6. The van der Waals surface area contributed by atoms with Crippen LogP contribution >= 0.6 is 34.2 Å². The van der Waals surface area contributed by atoms with Gasteiger partial charge in [-0.3, -0.25) is 0 Å². The van der Waals surface area contributed by atoms with Gasteiger partial charge in [-0.25, -0.2) is 4.79 Å². The smallest absolute Gasteiger partial charge is 0.335 e. The van der Waals surface area contributed by atoms with Crippen molar-refractivity contribution in [1.29, 1.82) is 0 Å². The van der Waals surface area contributed by atoms with Crippen LogP contribution in [0, 0.1) is 10.5 Å². The molecule has 0 bridgehead atoms. The summed E-state index contributed by atoms with van der Waals surface area (Å²) in [6.07, 6.45) is 0. The van der Waals surface area contributed by atoms with E-state index in [1.807, 2.05) is 25.1 Å². The third-order valence-corrected chi connectivity index (χ3v) is 3.80. The third kappa shape index (κ3) is 3.39. The lowest BCUT2D eigenvalue weighted by Crippen LogP contribution is -2.00. The molecular weight excluding hydrogens is 377 g/mol. The first kappa shape index (κ1) is 14.1. The van der Waals surface area contributed by atoms with Gasteiger partial charge in [0.1, 0.15) is 0 Å². The third-order valence-electron chi connectivity index (χ3n) is 2.67. The molecule has 2 N–H and O–H groups in total. The Bertz CT molecular complexity index is 643. The summed E-state index contributed by atoms with van der Waals surface area (Å²) in [5.41, 5.74) is 2.99. The van der Waals surface area contributed by atoms with Gasteiger partial charge < -0.3 is 10.4 Å². The molecule has 0 fully saturated rings. The van der Waals surface area contributed by atoms with Gasteiger partial charge in [0.05, 0.1) is 11.3 Å². The van der Waals surface area contributed by atoms with Crippen molar-refractivity contribution in [3.05, 3.63) is 56.1 Å². The lowest BCUT2D eigenvalue weighted by atomic mass is 10.1. The van der Waals surface area contributed by atoms with E-state index in [1.165, 1.54) is 0 Å². The number of rotatable bonds is 3. The molecular formula is C14H11ClINO2. The van der Waals surface area contributed by atoms with Crippen molar-refractivity contribution in [3.63, 3.8) is 0 Å². The predicted octanol–water partition coefficient (Wildman–Crippen LogP) is 4.69. The summed E-state index contributed by atoms with van der Waals surface area (Å²) >= 11 is 8.11. The molecule has 0 aliphatic heterocycles. The molecule has 0 unspecified atom stereocenters. The SMILES string of the molecule is Cc1cc(C(=O)O)ccc1Nc1ccc(Cl)cc1I. The molecule has 0 atom stereocenters. The zero-order valence-electron chi connectivity index (χ0n) is 10.1. The van der Waals surface area contributed by atoms with Crippen LogP contribution in [-0.2, 0) is 0 Å². The summed E-state index contributed by atoms with van der Waals surface area (Å²) < 4.78 is 1.01. The van der Waals surface area contributed by atoms with Gasteiger partial charge in [-0.15, -0.1) is 0 Å². The number of aryl methyl sites for hydroxylation is 1. The fraction of sp³-hybridized carbons (Fsp3) is 0.0714. The van der Waals surface area contributed by atoms with Crippen molar-refractivity contribution in [2.24, 2.45) is 0 Å². The second-order valence-electron chi connectivity index (χ2n) is 4.08. The van der Waals surface area contributed by atoms with Crippen LogP contribution in [0.2, 0.25) is 5.02 Å². The normalized spacial score (nSPS) is 10.3. The van der Waals surface area contributed by atoms with Crippen LogP contribution in [0.15, 0.2) is 36.4 Å². The summed E-state index contributed by atoms with van der Waals surface area (Å²) in [5, 5.41) is 12.9. The molecule has 2 aromatic carbocycles. The van der Waals surface area contributed by atoms with E-state index >= 15 is 0 Å². The van der Waals surface area contributed by atoms with Gasteiger partial charge in [0.15, 0.2) is 0 Å². The van der Waals surface area contributed by atoms with Crippen LogP contribution in [0.4, 0.5) is 11.4 Å². The van der Waals surface area contributed by atoms with Crippen LogP contribution < -0.4 is 5.32 Å². The first-order chi connectivity index (χ1) is 8.97. The molecule has 0 saturated heterocycles. The average Bonchev–Trinajstić information content (AvgIpc) is 2.34. The average molecular weight is 388 g/mol. The van der Waals surface area contributed by atoms with Crippen molar-refractivity contribution in [1.82, 2.24) is 0 Å². The zero-order chi connectivity index (χ0) is 14.0. The lowest BCUT2D eigenvalue weighted by Gasteiger charge is -2.12. The van der Waals surface area contributed by atoms with Crippen molar-refractivity contribution >= 4 is 51.5 Å². The maximum absolute atomic E-state index is 10.9. The highest BCUT2D eigenvalue weighted by atomic mass is 127. The van der Waals surface area contributed by atoms with Gasteiger partial charge in [0.25, 0.3) is 0 Å². The lowest BCUT2D eigenvalue weighted by molar-refractivity contribution is 0.0697. The quantitative estimate of drug-likeness (QED) is 0.751. The van der Waals surface area contributed by atoms with E-state index in [0.717, 1.165) is 20.5 Å². The minimum Gasteiger partial charge on any atom is -0.478 e. The summed E-state index contributed by atoms with van der Waals surface area (Å²) in [5.74, 6) is -0.921. The van der Waals surface area contributed by atoms with Crippen LogP contribution in [0.25, 0.3) is 0 Å². The summed E-state index contributed by atoms with van der Waals surface area (Å²) in [4.78, 5) is 10.9. The number of aromatic carboxylic acids is 1. The number of hydrogen-bond acceptors (Lipinski definition) is 2. The monoisotopic (exact) mass is 387 g/mol. The number of halogens is 2. The highest BCUT2D eigenvalue weighted by molar-refractivity contribution is 14.1. The minimum absolute atomic E-state index is 0.286. The molecule has 5 heteroatoms. The second-order valence-corrected chi connectivity index (χ2v) is 5.68. The van der Waals surface area contributed by atoms with Gasteiger partial charge in [-0.1, -0.05) is 11.6 Å². The molecule has 3 nitrogen and oxygen atoms in total. The standard InChI is InChI=1S/C14H11ClINO2/c1-8-6-9(14(18)19)2-4-12(8)17-13-5-3-10(15)7-11(13)16/h2-7,17H,1H3,(H,18,19). The molecule has 98 valence electrons. The van der Waals surface area contributed by atoms with Gasteiger partial charge >= 0.3 is 5.97 Å². The van der Waals surface area contributed by atoms with E-state index < -0.39 is 5.97 Å². The molecule has 0 aromatic heterocycles. The first-order valence-corrected chi connectivity index (χ1v) is 6.99. The molecule has 0 amide bonds. The maximum atomic E-state index is 10.9. The van der Waals surface area contributed by atoms with Gasteiger partial charge in [0, 0.05) is 14.3 Å². The Kier molecular flexibility index (Phi) is 4.31. The summed E-state index contributed by atoms with van der Waals surface area (Å²) in [6.45, 7) is 1.87. The number of carbonyl (C=O) groups is 1. The van der Waals surface area contributed by atoms with E-state index in [2.05, 4.69) is 27.9 Å². The molecule has 19 heavy (non-hydrogen) atoms.